The first kappa shape index (κ1) is 19.0. The highest BCUT2D eigenvalue weighted by Gasteiger charge is 2.38. The van der Waals surface area contributed by atoms with Crippen LogP contribution in [-0.4, -0.2) is 6.61 Å². The zero-order valence-electron chi connectivity index (χ0n) is 16.8. The minimum Gasteiger partial charge on any atom is -0.494 e. The van der Waals surface area contributed by atoms with Crippen molar-refractivity contribution >= 4 is 0 Å². The zero-order valence-corrected chi connectivity index (χ0v) is 16.8. The lowest BCUT2D eigenvalue weighted by atomic mass is 9.61. The first-order valence-corrected chi connectivity index (χ1v) is 11.3. The quantitative estimate of drug-likeness (QED) is 0.548. The third-order valence-electron chi connectivity index (χ3n) is 7.62. The van der Waals surface area contributed by atoms with Crippen molar-refractivity contribution in [1.29, 1.82) is 0 Å². The Morgan fingerprint density at radius 1 is 0.963 bits per heavy atom. The molecule has 1 aromatic carbocycles. The Morgan fingerprint density at radius 2 is 1.74 bits per heavy atom. The van der Waals surface area contributed by atoms with Crippen LogP contribution in [0.1, 0.15) is 69.4 Å². The molecule has 4 rings (SSSR count). The molecular formula is C25H35FO. The first-order valence-electron chi connectivity index (χ1n) is 11.3. The van der Waals surface area contributed by atoms with E-state index in [9.17, 15) is 4.39 Å². The van der Waals surface area contributed by atoms with Crippen molar-refractivity contribution in [2.45, 2.75) is 71.1 Å². The van der Waals surface area contributed by atoms with E-state index in [1.165, 1.54) is 63.4 Å². The lowest BCUT2D eigenvalue weighted by Gasteiger charge is -2.44. The lowest BCUT2D eigenvalue weighted by molar-refractivity contribution is 0.0809. The fourth-order valence-corrected chi connectivity index (χ4v) is 6.14. The molecule has 0 N–H and O–H groups in total. The maximum atomic E-state index is 12.5. The van der Waals surface area contributed by atoms with E-state index in [0.717, 1.165) is 48.8 Å². The molecule has 3 aliphatic carbocycles. The zero-order chi connectivity index (χ0) is 18.6. The van der Waals surface area contributed by atoms with Crippen molar-refractivity contribution in [3.05, 3.63) is 41.7 Å². The molecule has 3 aliphatic rings. The number of ether oxygens (including phenoxy) is 1. The molecule has 5 atom stereocenters. The maximum absolute atomic E-state index is 12.5. The third-order valence-corrected chi connectivity index (χ3v) is 7.62. The number of allylic oxidation sites excluding steroid dienone is 1. The average Bonchev–Trinajstić information content (AvgIpc) is 2.71. The van der Waals surface area contributed by atoms with Gasteiger partial charge in [-0.2, -0.15) is 0 Å². The second-order valence-corrected chi connectivity index (χ2v) is 9.27. The third kappa shape index (κ3) is 4.41. The van der Waals surface area contributed by atoms with Gasteiger partial charge in [-0.1, -0.05) is 19.1 Å². The van der Waals surface area contributed by atoms with E-state index in [1.54, 1.807) is 11.6 Å². The largest absolute Gasteiger partial charge is 0.494 e. The molecule has 0 saturated heterocycles. The highest BCUT2D eigenvalue weighted by Crippen LogP contribution is 2.48. The van der Waals surface area contributed by atoms with Gasteiger partial charge in [0.2, 0.25) is 0 Å². The molecule has 0 radical (unpaired) electrons. The van der Waals surface area contributed by atoms with Gasteiger partial charge in [0.1, 0.15) is 5.75 Å². The Morgan fingerprint density at radius 3 is 2.56 bits per heavy atom. The molecule has 2 saturated carbocycles. The Labute approximate surface area is 164 Å². The fraction of sp³-hybridized carbons (Fsp3) is 0.680. The summed E-state index contributed by atoms with van der Waals surface area (Å²) in [5, 5.41) is 0. The molecule has 148 valence electrons. The van der Waals surface area contributed by atoms with Crippen LogP contribution in [0.5, 0.6) is 5.75 Å². The van der Waals surface area contributed by atoms with Crippen LogP contribution in [0.15, 0.2) is 30.6 Å². The van der Waals surface area contributed by atoms with Gasteiger partial charge in [0, 0.05) is 0 Å². The van der Waals surface area contributed by atoms with Gasteiger partial charge in [-0.3, -0.25) is 0 Å². The molecule has 0 bridgehead atoms. The Balaban J connectivity index is 1.35. The Kier molecular flexibility index (Phi) is 6.20. The SMILES string of the molecule is CCCOc1ccc2c(c1)CCC(C1CCC3CC(C=CF)CCC3C1)C2. The summed E-state index contributed by atoms with van der Waals surface area (Å²) in [6, 6.07) is 6.79. The molecule has 1 aromatic rings. The van der Waals surface area contributed by atoms with Gasteiger partial charge < -0.3 is 4.74 Å². The van der Waals surface area contributed by atoms with Gasteiger partial charge in [-0.05, 0) is 117 Å². The second kappa shape index (κ2) is 8.80. The predicted octanol–water partition coefficient (Wildman–Crippen LogP) is 6.90. The van der Waals surface area contributed by atoms with E-state index in [1.807, 2.05) is 0 Å². The van der Waals surface area contributed by atoms with Crippen LogP contribution in [0.4, 0.5) is 4.39 Å². The number of rotatable bonds is 5. The predicted molar refractivity (Wildman–Crippen MR) is 110 cm³/mol. The smallest absolute Gasteiger partial charge is 0.119 e. The van der Waals surface area contributed by atoms with Gasteiger partial charge in [-0.15, -0.1) is 0 Å². The summed E-state index contributed by atoms with van der Waals surface area (Å²) < 4.78 is 18.3. The van der Waals surface area contributed by atoms with Crippen molar-refractivity contribution in [3.63, 3.8) is 0 Å². The average molecular weight is 371 g/mol. The fourth-order valence-electron chi connectivity index (χ4n) is 6.14. The molecule has 5 unspecified atom stereocenters. The Bertz CT molecular complexity index is 652. The van der Waals surface area contributed by atoms with Crippen molar-refractivity contribution in [3.8, 4) is 5.75 Å². The highest BCUT2D eigenvalue weighted by molar-refractivity contribution is 5.37. The van der Waals surface area contributed by atoms with Gasteiger partial charge in [-0.25, -0.2) is 4.39 Å². The lowest BCUT2D eigenvalue weighted by Crippen LogP contribution is -2.34. The number of fused-ring (bicyclic) bond motifs is 2. The summed E-state index contributed by atoms with van der Waals surface area (Å²) in [4.78, 5) is 0. The molecule has 0 amide bonds. The van der Waals surface area contributed by atoms with Crippen LogP contribution < -0.4 is 4.74 Å². The standard InChI is InChI=1S/C25H35FO/c1-2-13-27-25-10-9-23-16-22(7-8-24(23)17-25)21-6-5-19-14-18(11-12-26)3-4-20(19)15-21/h9-12,17-22H,2-8,13-16H2,1H3. The monoisotopic (exact) mass is 370 g/mol. The molecule has 27 heavy (non-hydrogen) atoms. The van der Waals surface area contributed by atoms with Crippen molar-refractivity contribution in [2.24, 2.45) is 29.6 Å². The number of hydrogen-bond acceptors (Lipinski definition) is 1. The number of hydrogen-bond donors (Lipinski definition) is 0. The van der Waals surface area contributed by atoms with Gasteiger partial charge >= 0.3 is 0 Å². The van der Waals surface area contributed by atoms with E-state index in [0.29, 0.717) is 5.92 Å². The van der Waals surface area contributed by atoms with Crippen LogP contribution in [0.2, 0.25) is 0 Å². The highest BCUT2D eigenvalue weighted by atomic mass is 19.1. The van der Waals surface area contributed by atoms with Gasteiger partial charge in [0.25, 0.3) is 0 Å². The normalized spacial score (nSPS) is 33.5. The minimum atomic E-state index is 0.499. The topological polar surface area (TPSA) is 9.23 Å². The van der Waals surface area contributed by atoms with Crippen LogP contribution in [-0.2, 0) is 12.8 Å². The van der Waals surface area contributed by atoms with Crippen molar-refractivity contribution in [1.82, 2.24) is 0 Å². The van der Waals surface area contributed by atoms with Gasteiger partial charge in [0.05, 0.1) is 12.9 Å². The summed E-state index contributed by atoms with van der Waals surface area (Å²) >= 11 is 0. The summed E-state index contributed by atoms with van der Waals surface area (Å²) in [7, 11) is 0. The van der Waals surface area contributed by atoms with Crippen molar-refractivity contribution in [2.75, 3.05) is 6.61 Å². The molecular weight excluding hydrogens is 335 g/mol. The molecule has 0 heterocycles. The molecule has 1 nitrogen and oxygen atoms in total. The molecule has 2 heteroatoms. The summed E-state index contributed by atoms with van der Waals surface area (Å²) in [6.45, 7) is 2.97. The van der Waals surface area contributed by atoms with Crippen LogP contribution in [0.3, 0.4) is 0 Å². The van der Waals surface area contributed by atoms with E-state index in [4.69, 9.17) is 4.74 Å². The maximum Gasteiger partial charge on any atom is 0.119 e. The summed E-state index contributed by atoms with van der Waals surface area (Å²) in [5.41, 5.74) is 3.08. The summed E-state index contributed by atoms with van der Waals surface area (Å²) in [6.07, 6.45) is 15.4. The van der Waals surface area contributed by atoms with E-state index in [-0.39, 0.29) is 0 Å². The van der Waals surface area contributed by atoms with Gasteiger partial charge in [0.15, 0.2) is 0 Å². The molecule has 0 aromatic heterocycles. The van der Waals surface area contributed by atoms with Crippen molar-refractivity contribution < 1.29 is 9.13 Å². The van der Waals surface area contributed by atoms with Crippen LogP contribution in [0, 0.1) is 29.6 Å². The van der Waals surface area contributed by atoms with Crippen LogP contribution >= 0.6 is 0 Å². The number of halogens is 1. The first-order chi connectivity index (χ1) is 13.3. The number of benzene rings is 1. The summed E-state index contributed by atoms with van der Waals surface area (Å²) in [5.74, 6) is 5.07. The van der Waals surface area contributed by atoms with E-state index < -0.39 is 0 Å². The second-order valence-electron chi connectivity index (χ2n) is 9.27. The molecule has 2 fully saturated rings. The number of aryl methyl sites for hydroxylation is 1. The molecule has 0 spiro atoms. The van der Waals surface area contributed by atoms with E-state index in [2.05, 4.69) is 25.1 Å². The van der Waals surface area contributed by atoms with E-state index >= 15 is 0 Å². The minimum absolute atomic E-state index is 0.499. The Hall–Kier alpha value is -1.31. The van der Waals surface area contributed by atoms with Crippen LogP contribution in [0.25, 0.3) is 0 Å². The molecule has 0 aliphatic heterocycles.